The Hall–Kier alpha value is -3.26. The van der Waals surface area contributed by atoms with E-state index in [1.54, 1.807) is 37.5 Å². The summed E-state index contributed by atoms with van der Waals surface area (Å²) in [6, 6.07) is 15.1. The Balaban J connectivity index is 1.76. The largest absolute Gasteiger partial charge is 0.497 e. The summed E-state index contributed by atoms with van der Waals surface area (Å²) in [5.41, 5.74) is 3.80. The number of hydrogen-bond acceptors (Lipinski definition) is 4. The fourth-order valence-electron chi connectivity index (χ4n) is 3.17. The smallest absolute Gasteiger partial charge is 0.266 e. The number of aryl methyl sites for hydroxylation is 1. The van der Waals surface area contributed by atoms with Crippen molar-refractivity contribution in [3.05, 3.63) is 59.2 Å². The van der Waals surface area contributed by atoms with E-state index in [9.17, 15) is 10.1 Å². The first-order valence-electron chi connectivity index (χ1n) is 9.03. The number of carbonyl (C=O) groups excluding carboxylic acids is 1. The molecule has 5 nitrogen and oxygen atoms in total. The van der Waals surface area contributed by atoms with Crippen LogP contribution in [0.1, 0.15) is 24.0 Å². The van der Waals surface area contributed by atoms with Crippen LogP contribution in [0.15, 0.2) is 48.0 Å². The fraction of sp³-hybridized carbons (Fsp3) is 0.273. The Labute approximate surface area is 159 Å². The maximum atomic E-state index is 12.4. The van der Waals surface area contributed by atoms with E-state index in [1.165, 1.54) is 18.5 Å². The van der Waals surface area contributed by atoms with Gasteiger partial charge in [0, 0.05) is 24.5 Å². The number of nitriles is 1. The maximum absolute atomic E-state index is 12.4. The van der Waals surface area contributed by atoms with E-state index in [1.807, 2.05) is 19.1 Å². The Morgan fingerprint density at radius 2 is 1.89 bits per heavy atom. The Kier molecular flexibility index (Phi) is 5.77. The lowest BCUT2D eigenvalue weighted by molar-refractivity contribution is -0.112. The highest BCUT2D eigenvalue weighted by Crippen LogP contribution is 2.24. The molecule has 5 heteroatoms. The summed E-state index contributed by atoms with van der Waals surface area (Å²) in [4.78, 5) is 14.8. The van der Waals surface area contributed by atoms with Gasteiger partial charge in [-0.1, -0.05) is 6.07 Å². The molecular formula is C22H23N3O2. The zero-order valence-corrected chi connectivity index (χ0v) is 15.7. The molecule has 0 aliphatic carbocycles. The summed E-state index contributed by atoms with van der Waals surface area (Å²) >= 11 is 0. The predicted octanol–water partition coefficient (Wildman–Crippen LogP) is 4.15. The third kappa shape index (κ3) is 4.48. The lowest BCUT2D eigenvalue weighted by Crippen LogP contribution is -2.17. The Bertz CT molecular complexity index is 889. The Morgan fingerprint density at radius 3 is 2.48 bits per heavy atom. The molecule has 1 aliphatic rings. The molecule has 0 bridgehead atoms. The minimum atomic E-state index is -0.425. The summed E-state index contributed by atoms with van der Waals surface area (Å²) in [5, 5.41) is 12.2. The molecule has 0 aromatic heterocycles. The van der Waals surface area contributed by atoms with Gasteiger partial charge in [-0.3, -0.25) is 4.79 Å². The Morgan fingerprint density at radius 1 is 1.19 bits per heavy atom. The van der Waals surface area contributed by atoms with Gasteiger partial charge in [-0.05, 0) is 73.4 Å². The number of carbonyl (C=O) groups is 1. The zero-order chi connectivity index (χ0) is 19.2. The number of methoxy groups -OCH3 is 1. The van der Waals surface area contributed by atoms with E-state index >= 15 is 0 Å². The van der Waals surface area contributed by atoms with Crippen LogP contribution in [-0.4, -0.2) is 26.1 Å². The molecule has 1 aliphatic heterocycles. The standard InChI is InChI=1S/C22H23N3O2/c1-16-13-20(25-11-3-4-12-25)8-5-17(16)14-18(15-23)22(26)24-19-6-9-21(27-2)10-7-19/h5-10,13-14H,3-4,11-12H2,1-2H3,(H,24,26)/b18-14-. The van der Waals surface area contributed by atoms with E-state index < -0.39 is 5.91 Å². The second-order valence-corrected chi connectivity index (χ2v) is 6.59. The average molecular weight is 361 g/mol. The number of anilines is 2. The van der Waals surface area contributed by atoms with Gasteiger partial charge in [0.1, 0.15) is 17.4 Å². The number of benzene rings is 2. The van der Waals surface area contributed by atoms with Crippen LogP contribution in [0.2, 0.25) is 0 Å². The molecule has 138 valence electrons. The fourth-order valence-corrected chi connectivity index (χ4v) is 3.17. The number of nitrogens with zero attached hydrogens (tertiary/aromatic N) is 2. The molecular weight excluding hydrogens is 338 g/mol. The summed E-state index contributed by atoms with van der Waals surface area (Å²) < 4.78 is 5.10. The van der Waals surface area contributed by atoms with Crippen LogP contribution < -0.4 is 15.0 Å². The molecule has 0 spiro atoms. The summed E-state index contributed by atoms with van der Waals surface area (Å²) in [5.74, 6) is 0.281. The maximum Gasteiger partial charge on any atom is 0.266 e. The molecule has 0 saturated carbocycles. The molecule has 0 radical (unpaired) electrons. The third-order valence-corrected chi connectivity index (χ3v) is 4.74. The molecule has 0 unspecified atom stereocenters. The van der Waals surface area contributed by atoms with Crippen LogP contribution in [0, 0.1) is 18.3 Å². The van der Waals surface area contributed by atoms with E-state index in [-0.39, 0.29) is 5.57 Å². The van der Waals surface area contributed by atoms with E-state index in [0.29, 0.717) is 11.4 Å². The molecule has 1 N–H and O–H groups in total. The van der Waals surface area contributed by atoms with Crippen LogP contribution in [0.3, 0.4) is 0 Å². The molecule has 2 aromatic rings. The molecule has 1 fully saturated rings. The first-order chi connectivity index (χ1) is 13.1. The van der Waals surface area contributed by atoms with Crippen molar-refractivity contribution in [1.82, 2.24) is 0 Å². The van der Waals surface area contributed by atoms with Crippen molar-refractivity contribution < 1.29 is 9.53 Å². The lowest BCUT2D eigenvalue weighted by Gasteiger charge is -2.18. The number of hydrogen-bond donors (Lipinski definition) is 1. The lowest BCUT2D eigenvalue weighted by atomic mass is 10.0. The highest BCUT2D eigenvalue weighted by Gasteiger charge is 2.14. The second-order valence-electron chi connectivity index (χ2n) is 6.59. The topological polar surface area (TPSA) is 65.4 Å². The summed E-state index contributed by atoms with van der Waals surface area (Å²) in [7, 11) is 1.58. The van der Waals surface area contributed by atoms with Gasteiger partial charge in [0.15, 0.2) is 0 Å². The first kappa shape index (κ1) is 18.5. The highest BCUT2D eigenvalue weighted by atomic mass is 16.5. The molecule has 1 amide bonds. The summed E-state index contributed by atoms with van der Waals surface area (Å²) in [6.45, 7) is 4.17. The van der Waals surface area contributed by atoms with Crippen molar-refractivity contribution in [3.63, 3.8) is 0 Å². The number of rotatable bonds is 5. The average Bonchev–Trinajstić information content (AvgIpc) is 3.22. The van der Waals surface area contributed by atoms with Crippen molar-refractivity contribution in [1.29, 1.82) is 5.26 Å². The van der Waals surface area contributed by atoms with Crippen molar-refractivity contribution in [2.24, 2.45) is 0 Å². The van der Waals surface area contributed by atoms with Gasteiger partial charge >= 0.3 is 0 Å². The number of nitrogens with one attached hydrogen (secondary N) is 1. The van der Waals surface area contributed by atoms with Crippen molar-refractivity contribution in [3.8, 4) is 11.8 Å². The van der Waals surface area contributed by atoms with Crippen LogP contribution in [-0.2, 0) is 4.79 Å². The second kappa shape index (κ2) is 8.41. The van der Waals surface area contributed by atoms with Gasteiger partial charge in [-0.15, -0.1) is 0 Å². The van der Waals surface area contributed by atoms with Crippen LogP contribution in [0.4, 0.5) is 11.4 Å². The van der Waals surface area contributed by atoms with E-state index in [0.717, 1.165) is 24.2 Å². The van der Waals surface area contributed by atoms with Gasteiger partial charge in [-0.25, -0.2) is 0 Å². The van der Waals surface area contributed by atoms with E-state index in [4.69, 9.17) is 4.74 Å². The summed E-state index contributed by atoms with van der Waals surface area (Å²) in [6.07, 6.45) is 4.09. The molecule has 0 atom stereocenters. The van der Waals surface area contributed by atoms with Gasteiger partial charge in [0.05, 0.1) is 7.11 Å². The van der Waals surface area contributed by atoms with Gasteiger partial charge in [0.25, 0.3) is 5.91 Å². The first-order valence-corrected chi connectivity index (χ1v) is 9.03. The monoisotopic (exact) mass is 361 g/mol. The van der Waals surface area contributed by atoms with Gasteiger partial charge in [0.2, 0.25) is 0 Å². The normalized spacial score (nSPS) is 14.0. The predicted molar refractivity (Wildman–Crippen MR) is 108 cm³/mol. The SMILES string of the molecule is COc1ccc(NC(=O)/C(C#N)=C\c2ccc(N3CCCC3)cc2C)cc1. The van der Waals surface area contributed by atoms with Crippen LogP contribution >= 0.6 is 0 Å². The van der Waals surface area contributed by atoms with Crippen molar-refractivity contribution >= 4 is 23.4 Å². The van der Waals surface area contributed by atoms with Crippen LogP contribution in [0.5, 0.6) is 5.75 Å². The van der Waals surface area contributed by atoms with Crippen molar-refractivity contribution in [2.45, 2.75) is 19.8 Å². The molecule has 2 aromatic carbocycles. The minimum Gasteiger partial charge on any atom is -0.497 e. The van der Waals surface area contributed by atoms with E-state index in [2.05, 4.69) is 22.3 Å². The third-order valence-electron chi connectivity index (χ3n) is 4.74. The van der Waals surface area contributed by atoms with Crippen LogP contribution in [0.25, 0.3) is 6.08 Å². The number of ether oxygens (including phenoxy) is 1. The van der Waals surface area contributed by atoms with Gasteiger partial charge < -0.3 is 15.0 Å². The molecule has 27 heavy (non-hydrogen) atoms. The number of amides is 1. The van der Waals surface area contributed by atoms with Gasteiger partial charge in [-0.2, -0.15) is 5.26 Å². The zero-order valence-electron chi connectivity index (χ0n) is 15.7. The quantitative estimate of drug-likeness (QED) is 0.642. The molecule has 1 heterocycles. The molecule has 1 saturated heterocycles. The highest BCUT2D eigenvalue weighted by molar-refractivity contribution is 6.09. The van der Waals surface area contributed by atoms with Crippen molar-refractivity contribution in [2.75, 3.05) is 30.4 Å². The minimum absolute atomic E-state index is 0.0721. The molecule has 3 rings (SSSR count).